The maximum absolute atomic E-state index is 12.3. The van der Waals surface area contributed by atoms with Crippen LogP contribution < -0.4 is 10.2 Å². The first kappa shape index (κ1) is 21.2. The number of nitrogens with one attached hydrogen (secondary N) is 1. The second-order valence-corrected chi connectivity index (χ2v) is 7.76. The van der Waals surface area contributed by atoms with Crippen LogP contribution in [0, 0.1) is 11.3 Å². The van der Waals surface area contributed by atoms with Gasteiger partial charge in [-0.25, -0.2) is 9.67 Å². The number of benzene rings is 1. The van der Waals surface area contributed by atoms with Gasteiger partial charge in [-0.3, -0.25) is 19.3 Å². The van der Waals surface area contributed by atoms with Gasteiger partial charge < -0.3 is 10.1 Å². The molecule has 0 bridgehead atoms. The summed E-state index contributed by atoms with van der Waals surface area (Å²) in [6.45, 7) is 0.103. The summed E-state index contributed by atoms with van der Waals surface area (Å²) in [6.07, 6.45) is 2.53. The standard InChI is InChI=1S/C21H18N6O4S/c22-10-14-11-23-27(16-5-2-1-3-6-16)20(14)25-17(28)12-31-19(30)9-15-13-32-21(24-15)26-8-4-7-18(26)29/h1-3,5-6,11,13H,4,7-9,12H2,(H,25,28). The number of nitriles is 1. The van der Waals surface area contributed by atoms with Gasteiger partial charge in [0.15, 0.2) is 17.6 Å². The molecule has 0 saturated carbocycles. The van der Waals surface area contributed by atoms with E-state index in [9.17, 15) is 19.6 Å². The van der Waals surface area contributed by atoms with E-state index in [-0.39, 0.29) is 23.7 Å². The van der Waals surface area contributed by atoms with Crippen molar-refractivity contribution in [2.45, 2.75) is 19.3 Å². The molecule has 2 aromatic heterocycles. The van der Waals surface area contributed by atoms with E-state index < -0.39 is 18.5 Å². The predicted molar refractivity (Wildman–Crippen MR) is 115 cm³/mol. The van der Waals surface area contributed by atoms with Gasteiger partial charge in [-0.15, -0.1) is 11.3 Å². The van der Waals surface area contributed by atoms with E-state index in [1.807, 2.05) is 12.1 Å². The fourth-order valence-electron chi connectivity index (χ4n) is 3.18. The van der Waals surface area contributed by atoms with Gasteiger partial charge in [0.1, 0.15) is 11.6 Å². The number of aromatic nitrogens is 3. The second-order valence-electron chi connectivity index (χ2n) is 6.92. The maximum atomic E-state index is 12.3. The molecular formula is C21H18N6O4S. The summed E-state index contributed by atoms with van der Waals surface area (Å²) in [7, 11) is 0. The number of ether oxygens (including phenoxy) is 1. The van der Waals surface area contributed by atoms with Crippen LogP contribution in [-0.4, -0.2) is 45.7 Å². The first-order valence-electron chi connectivity index (χ1n) is 9.79. The largest absolute Gasteiger partial charge is 0.455 e. The number of anilines is 2. The molecule has 0 unspecified atom stereocenters. The minimum absolute atomic E-state index is 0.0247. The van der Waals surface area contributed by atoms with Crippen molar-refractivity contribution in [2.24, 2.45) is 0 Å². The fourth-order valence-corrected chi connectivity index (χ4v) is 4.05. The summed E-state index contributed by atoms with van der Waals surface area (Å²) in [5.74, 6) is -1.01. The fraction of sp³-hybridized carbons (Fsp3) is 0.238. The zero-order chi connectivity index (χ0) is 22.5. The molecule has 1 N–H and O–H groups in total. The molecule has 1 aliphatic heterocycles. The molecule has 162 valence electrons. The van der Waals surface area contributed by atoms with Crippen molar-refractivity contribution in [1.82, 2.24) is 14.8 Å². The van der Waals surface area contributed by atoms with Crippen molar-refractivity contribution in [2.75, 3.05) is 23.4 Å². The minimum atomic E-state index is -0.623. The van der Waals surface area contributed by atoms with Crippen LogP contribution in [0.1, 0.15) is 24.1 Å². The van der Waals surface area contributed by atoms with Crippen LogP contribution in [0.4, 0.5) is 10.9 Å². The Morgan fingerprint density at radius 1 is 1.28 bits per heavy atom. The first-order valence-corrected chi connectivity index (χ1v) is 10.7. The molecule has 1 saturated heterocycles. The van der Waals surface area contributed by atoms with Crippen molar-refractivity contribution in [1.29, 1.82) is 5.26 Å². The van der Waals surface area contributed by atoms with Gasteiger partial charge in [0.25, 0.3) is 5.91 Å². The monoisotopic (exact) mass is 450 g/mol. The minimum Gasteiger partial charge on any atom is -0.455 e. The Morgan fingerprint density at radius 2 is 2.09 bits per heavy atom. The lowest BCUT2D eigenvalue weighted by atomic mass is 10.3. The lowest BCUT2D eigenvalue weighted by Crippen LogP contribution is -2.24. The summed E-state index contributed by atoms with van der Waals surface area (Å²) in [4.78, 5) is 42.2. The van der Waals surface area contributed by atoms with Crippen molar-refractivity contribution < 1.29 is 19.1 Å². The first-order chi connectivity index (χ1) is 15.5. The third-order valence-electron chi connectivity index (χ3n) is 4.68. The molecule has 1 fully saturated rings. The zero-order valence-electron chi connectivity index (χ0n) is 16.9. The number of amides is 2. The van der Waals surface area contributed by atoms with E-state index in [0.29, 0.717) is 29.5 Å². The number of para-hydroxylation sites is 1. The van der Waals surface area contributed by atoms with E-state index in [1.54, 1.807) is 34.5 Å². The molecular weight excluding hydrogens is 432 g/mol. The Kier molecular flexibility index (Phi) is 6.23. The summed E-state index contributed by atoms with van der Waals surface area (Å²) in [6, 6.07) is 11.0. The highest BCUT2D eigenvalue weighted by Crippen LogP contribution is 2.25. The number of carbonyl (C=O) groups is 3. The molecule has 0 aliphatic carbocycles. The third kappa shape index (κ3) is 4.65. The smallest absolute Gasteiger partial charge is 0.312 e. The number of rotatable bonds is 7. The Morgan fingerprint density at radius 3 is 2.81 bits per heavy atom. The van der Waals surface area contributed by atoms with Crippen LogP contribution in [0.25, 0.3) is 5.69 Å². The highest BCUT2D eigenvalue weighted by molar-refractivity contribution is 7.14. The topological polar surface area (TPSA) is 130 Å². The number of hydrogen-bond acceptors (Lipinski definition) is 8. The van der Waals surface area contributed by atoms with Gasteiger partial charge >= 0.3 is 5.97 Å². The summed E-state index contributed by atoms with van der Waals surface area (Å²) in [5, 5.41) is 18.3. The van der Waals surface area contributed by atoms with Gasteiger partial charge in [0.2, 0.25) is 5.91 Å². The molecule has 1 aliphatic rings. The van der Waals surface area contributed by atoms with Gasteiger partial charge in [0, 0.05) is 18.3 Å². The molecule has 3 heterocycles. The van der Waals surface area contributed by atoms with Crippen LogP contribution >= 0.6 is 11.3 Å². The van der Waals surface area contributed by atoms with Gasteiger partial charge in [0.05, 0.1) is 24.0 Å². The lowest BCUT2D eigenvalue weighted by Gasteiger charge is -2.10. The van der Waals surface area contributed by atoms with Crippen LogP contribution in [0.15, 0.2) is 41.9 Å². The summed E-state index contributed by atoms with van der Waals surface area (Å²) < 4.78 is 6.48. The molecule has 0 atom stereocenters. The average molecular weight is 450 g/mol. The number of nitrogens with zero attached hydrogens (tertiary/aromatic N) is 5. The van der Waals surface area contributed by atoms with Crippen molar-refractivity contribution >= 4 is 40.1 Å². The normalized spacial score (nSPS) is 13.1. The van der Waals surface area contributed by atoms with E-state index >= 15 is 0 Å². The number of carbonyl (C=O) groups excluding carboxylic acids is 3. The van der Waals surface area contributed by atoms with Gasteiger partial charge in [-0.05, 0) is 18.6 Å². The molecule has 32 heavy (non-hydrogen) atoms. The van der Waals surface area contributed by atoms with Crippen LogP contribution in [0.5, 0.6) is 0 Å². The van der Waals surface area contributed by atoms with Crippen LogP contribution in [-0.2, 0) is 25.5 Å². The van der Waals surface area contributed by atoms with Crippen LogP contribution in [0.3, 0.4) is 0 Å². The number of esters is 1. The van der Waals surface area contributed by atoms with Crippen molar-refractivity contribution in [3.63, 3.8) is 0 Å². The summed E-state index contributed by atoms with van der Waals surface area (Å²) >= 11 is 1.29. The third-order valence-corrected chi connectivity index (χ3v) is 5.59. The average Bonchev–Trinajstić information content (AvgIpc) is 3.53. The lowest BCUT2D eigenvalue weighted by molar-refractivity contribution is -0.146. The molecule has 0 spiro atoms. The number of hydrogen-bond donors (Lipinski definition) is 1. The Labute approximate surface area is 187 Å². The Balaban J connectivity index is 1.33. The summed E-state index contributed by atoms with van der Waals surface area (Å²) in [5.41, 5.74) is 1.32. The van der Waals surface area contributed by atoms with E-state index in [1.165, 1.54) is 22.2 Å². The van der Waals surface area contributed by atoms with E-state index in [0.717, 1.165) is 6.42 Å². The SMILES string of the molecule is N#Cc1cnn(-c2ccccc2)c1NC(=O)COC(=O)Cc1csc(N2CCCC2=O)n1. The molecule has 4 rings (SSSR count). The quantitative estimate of drug-likeness (QED) is 0.545. The predicted octanol–water partition coefficient (Wildman–Crippen LogP) is 2.05. The molecule has 11 heteroatoms. The molecule has 10 nitrogen and oxygen atoms in total. The maximum Gasteiger partial charge on any atom is 0.312 e. The number of thiazole rings is 1. The van der Waals surface area contributed by atoms with E-state index in [2.05, 4.69) is 15.4 Å². The molecule has 2 amide bonds. The van der Waals surface area contributed by atoms with Crippen molar-refractivity contribution in [3.8, 4) is 11.8 Å². The molecule has 3 aromatic rings. The van der Waals surface area contributed by atoms with E-state index in [4.69, 9.17) is 4.74 Å². The molecule has 1 aromatic carbocycles. The highest BCUT2D eigenvalue weighted by atomic mass is 32.1. The van der Waals surface area contributed by atoms with Crippen LogP contribution in [0.2, 0.25) is 0 Å². The second kappa shape index (κ2) is 9.40. The Hall–Kier alpha value is -4.04. The zero-order valence-corrected chi connectivity index (χ0v) is 17.7. The molecule has 0 radical (unpaired) electrons. The van der Waals surface area contributed by atoms with Crippen molar-refractivity contribution in [3.05, 3.63) is 53.2 Å². The van der Waals surface area contributed by atoms with Gasteiger partial charge in [-0.2, -0.15) is 10.4 Å². The highest BCUT2D eigenvalue weighted by Gasteiger charge is 2.24. The Bertz CT molecular complexity index is 1200. The van der Waals surface area contributed by atoms with Gasteiger partial charge in [-0.1, -0.05) is 18.2 Å².